The molecule has 1 N–H and O–H groups in total. The maximum atomic E-state index is 13.1. The van der Waals surface area contributed by atoms with Crippen molar-refractivity contribution in [3.05, 3.63) is 70.2 Å². The van der Waals surface area contributed by atoms with Gasteiger partial charge < -0.3 is 10.2 Å². The summed E-state index contributed by atoms with van der Waals surface area (Å²) in [6.07, 6.45) is 2.20. The first-order valence-corrected chi connectivity index (χ1v) is 10.2. The second kappa shape index (κ2) is 10.9. The fourth-order valence-corrected chi connectivity index (χ4v) is 3.10. The number of nitrogens with one attached hydrogen (secondary N) is 1. The Bertz CT molecular complexity index is 789. The molecule has 0 aliphatic rings. The van der Waals surface area contributed by atoms with E-state index < -0.39 is 6.04 Å². The van der Waals surface area contributed by atoms with Crippen molar-refractivity contribution >= 4 is 23.4 Å². The molecule has 5 heteroatoms. The normalized spacial score (nSPS) is 11.7. The van der Waals surface area contributed by atoms with Crippen molar-refractivity contribution < 1.29 is 9.59 Å². The van der Waals surface area contributed by atoms with Gasteiger partial charge in [-0.3, -0.25) is 9.59 Å². The molecule has 0 heterocycles. The highest BCUT2D eigenvalue weighted by molar-refractivity contribution is 6.30. The van der Waals surface area contributed by atoms with Crippen molar-refractivity contribution in [1.82, 2.24) is 10.2 Å². The molecule has 0 saturated carbocycles. The van der Waals surface area contributed by atoms with Gasteiger partial charge in [0.05, 0.1) is 6.42 Å². The highest BCUT2D eigenvalue weighted by atomic mass is 35.5. The van der Waals surface area contributed by atoms with Gasteiger partial charge in [-0.05, 0) is 49.1 Å². The van der Waals surface area contributed by atoms with Gasteiger partial charge in [-0.1, -0.05) is 61.3 Å². The first-order chi connectivity index (χ1) is 13.4. The Labute approximate surface area is 172 Å². The topological polar surface area (TPSA) is 49.4 Å². The summed E-state index contributed by atoms with van der Waals surface area (Å²) in [4.78, 5) is 27.4. The Hall–Kier alpha value is -2.33. The van der Waals surface area contributed by atoms with Gasteiger partial charge in [-0.25, -0.2) is 0 Å². The molecule has 4 nitrogen and oxygen atoms in total. The Kier molecular flexibility index (Phi) is 8.52. The van der Waals surface area contributed by atoms with E-state index in [0.29, 0.717) is 18.1 Å². The molecule has 2 amide bonds. The quantitative estimate of drug-likeness (QED) is 0.629. The van der Waals surface area contributed by atoms with E-state index in [0.717, 1.165) is 29.5 Å². The number of benzene rings is 2. The molecule has 0 aliphatic heterocycles. The Morgan fingerprint density at radius 2 is 1.79 bits per heavy atom. The number of hydrogen-bond acceptors (Lipinski definition) is 2. The average molecular weight is 401 g/mol. The zero-order valence-corrected chi connectivity index (χ0v) is 17.6. The Morgan fingerprint density at radius 1 is 1.11 bits per heavy atom. The highest BCUT2D eigenvalue weighted by Crippen LogP contribution is 2.16. The minimum Gasteiger partial charge on any atom is -0.354 e. The van der Waals surface area contributed by atoms with E-state index in [1.807, 2.05) is 43.3 Å². The van der Waals surface area contributed by atoms with Crippen LogP contribution in [0.3, 0.4) is 0 Å². The van der Waals surface area contributed by atoms with Crippen molar-refractivity contribution in [3.63, 3.8) is 0 Å². The molecule has 0 fully saturated rings. The summed E-state index contributed by atoms with van der Waals surface area (Å²) in [5.41, 5.74) is 2.99. The number of halogens is 1. The van der Waals surface area contributed by atoms with Crippen LogP contribution in [0, 0.1) is 6.92 Å². The number of amides is 2. The Balaban J connectivity index is 2.18. The molecule has 0 saturated heterocycles. The second-order valence-corrected chi connectivity index (χ2v) is 7.51. The third-order valence-corrected chi connectivity index (χ3v) is 5.12. The summed E-state index contributed by atoms with van der Waals surface area (Å²) >= 11 is 5.97. The summed E-state index contributed by atoms with van der Waals surface area (Å²) in [5, 5.41) is 3.58. The summed E-state index contributed by atoms with van der Waals surface area (Å²) in [7, 11) is 0. The van der Waals surface area contributed by atoms with Crippen molar-refractivity contribution in [1.29, 1.82) is 0 Å². The smallest absolute Gasteiger partial charge is 0.242 e. The molecule has 0 spiro atoms. The van der Waals surface area contributed by atoms with Crippen molar-refractivity contribution in [2.75, 3.05) is 6.54 Å². The fraction of sp³-hybridized carbons (Fsp3) is 0.391. The molecular formula is C23H29ClN2O2. The first-order valence-electron chi connectivity index (χ1n) is 9.78. The third-order valence-electron chi connectivity index (χ3n) is 4.87. The maximum Gasteiger partial charge on any atom is 0.242 e. The summed E-state index contributed by atoms with van der Waals surface area (Å²) < 4.78 is 0. The van der Waals surface area contributed by atoms with E-state index in [9.17, 15) is 9.59 Å². The van der Waals surface area contributed by atoms with Gasteiger partial charge in [0.1, 0.15) is 6.04 Å². The van der Waals surface area contributed by atoms with Gasteiger partial charge >= 0.3 is 0 Å². The van der Waals surface area contributed by atoms with Gasteiger partial charge in [0, 0.05) is 18.1 Å². The van der Waals surface area contributed by atoms with Gasteiger partial charge in [0.2, 0.25) is 11.8 Å². The van der Waals surface area contributed by atoms with Crippen LogP contribution < -0.4 is 5.32 Å². The molecule has 1 atom stereocenters. The molecule has 2 rings (SSSR count). The molecule has 0 aromatic heterocycles. The van der Waals surface area contributed by atoms with Gasteiger partial charge in [0.15, 0.2) is 0 Å². The summed E-state index contributed by atoms with van der Waals surface area (Å²) in [5.74, 6) is -0.192. The largest absolute Gasteiger partial charge is 0.354 e. The van der Waals surface area contributed by atoms with Crippen molar-refractivity contribution in [2.45, 2.75) is 52.6 Å². The molecule has 2 aromatic carbocycles. The maximum absolute atomic E-state index is 13.1. The van der Waals surface area contributed by atoms with Crippen molar-refractivity contribution in [2.24, 2.45) is 0 Å². The van der Waals surface area contributed by atoms with E-state index in [1.165, 1.54) is 0 Å². The van der Waals surface area contributed by atoms with Gasteiger partial charge in [-0.15, -0.1) is 0 Å². The molecular weight excluding hydrogens is 372 g/mol. The molecule has 0 aliphatic carbocycles. The monoisotopic (exact) mass is 400 g/mol. The molecule has 28 heavy (non-hydrogen) atoms. The lowest BCUT2D eigenvalue weighted by molar-refractivity contribution is -0.140. The number of rotatable bonds is 9. The summed E-state index contributed by atoms with van der Waals surface area (Å²) in [6, 6.07) is 14.7. The van der Waals surface area contributed by atoms with Crippen LogP contribution in [-0.2, 0) is 22.6 Å². The van der Waals surface area contributed by atoms with Crippen LogP contribution in [-0.4, -0.2) is 29.3 Å². The van der Waals surface area contributed by atoms with Crippen LogP contribution in [0.2, 0.25) is 5.02 Å². The third kappa shape index (κ3) is 6.38. The highest BCUT2D eigenvalue weighted by Gasteiger charge is 2.26. The van der Waals surface area contributed by atoms with E-state index >= 15 is 0 Å². The number of nitrogens with zero attached hydrogens (tertiary/aromatic N) is 1. The number of carbonyl (C=O) groups is 2. The second-order valence-electron chi connectivity index (χ2n) is 7.07. The minimum absolute atomic E-state index is 0.0672. The fourth-order valence-electron chi connectivity index (χ4n) is 2.98. The van der Waals surface area contributed by atoms with Crippen LogP contribution in [0.25, 0.3) is 0 Å². The number of unbranched alkanes of at least 4 members (excludes halogenated alkanes) is 1. The van der Waals surface area contributed by atoms with E-state index in [2.05, 4.69) is 12.2 Å². The van der Waals surface area contributed by atoms with Crippen LogP contribution >= 0.6 is 11.6 Å². The van der Waals surface area contributed by atoms with Crippen LogP contribution in [0.15, 0.2) is 48.5 Å². The molecule has 150 valence electrons. The number of carbonyl (C=O) groups excluding carboxylic acids is 2. The SMILES string of the molecule is CCCCNC(=O)[C@H](C)N(Cc1ccc(Cl)cc1)C(=O)Cc1ccccc1C. The van der Waals surface area contributed by atoms with Gasteiger partial charge in [-0.2, -0.15) is 0 Å². The van der Waals surface area contributed by atoms with Crippen LogP contribution in [0.4, 0.5) is 0 Å². The lowest BCUT2D eigenvalue weighted by atomic mass is 10.0. The standard InChI is InChI=1S/C23H29ClN2O2/c1-4-5-14-25-23(28)18(3)26(16-19-10-12-21(24)13-11-19)22(27)15-20-9-7-6-8-17(20)2/h6-13,18H,4-5,14-16H2,1-3H3,(H,25,28)/t18-/m0/s1. The predicted octanol–water partition coefficient (Wildman–Crippen LogP) is 4.52. The molecule has 0 bridgehead atoms. The lowest BCUT2D eigenvalue weighted by Crippen LogP contribution is -2.48. The molecule has 0 radical (unpaired) electrons. The van der Waals surface area contributed by atoms with Crippen LogP contribution in [0.5, 0.6) is 0 Å². The number of hydrogen-bond donors (Lipinski definition) is 1. The van der Waals surface area contributed by atoms with Crippen LogP contribution in [0.1, 0.15) is 43.4 Å². The Morgan fingerprint density at radius 3 is 2.43 bits per heavy atom. The average Bonchev–Trinajstić information content (AvgIpc) is 2.68. The zero-order valence-electron chi connectivity index (χ0n) is 16.9. The molecule has 2 aromatic rings. The van der Waals surface area contributed by atoms with Gasteiger partial charge in [0.25, 0.3) is 0 Å². The van der Waals surface area contributed by atoms with E-state index in [1.54, 1.807) is 24.0 Å². The zero-order chi connectivity index (χ0) is 20.5. The number of aryl methyl sites for hydroxylation is 1. The summed E-state index contributed by atoms with van der Waals surface area (Å²) in [6.45, 7) is 6.85. The van der Waals surface area contributed by atoms with E-state index in [-0.39, 0.29) is 18.2 Å². The van der Waals surface area contributed by atoms with E-state index in [4.69, 9.17) is 11.6 Å². The van der Waals surface area contributed by atoms with Crippen molar-refractivity contribution in [3.8, 4) is 0 Å². The first kappa shape index (κ1) is 22.0. The predicted molar refractivity (Wildman–Crippen MR) is 114 cm³/mol. The molecule has 0 unspecified atom stereocenters. The lowest BCUT2D eigenvalue weighted by Gasteiger charge is -2.29. The minimum atomic E-state index is -0.552.